The molecule has 2 fully saturated rings. The fraction of sp³-hybridized carbons (Fsp3) is 0.529. The quantitative estimate of drug-likeness (QED) is 0.714. The average Bonchev–Trinajstić information content (AvgIpc) is 3.17. The molecule has 4 rings (SSSR count). The van der Waals surface area contributed by atoms with Crippen LogP contribution in [0.2, 0.25) is 0 Å². The van der Waals surface area contributed by atoms with Crippen LogP contribution in [-0.4, -0.2) is 46.2 Å². The van der Waals surface area contributed by atoms with E-state index < -0.39 is 24.8 Å². The zero-order valence-corrected chi connectivity index (χ0v) is 12.5. The van der Waals surface area contributed by atoms with Crippen molar-refractivity contribution in [3.63, 3.8) is 0 Å². The Balaban J connectivity index is 1.41. The van der Waals surface area contributed by atoms with E-state index in [1.54, 1.807) is 24.3 Å². The van der Waals surface area contributed by atoms with Gasteiger partial charge in [-0.15, -0.1) is 0 Å². The van der Waals surface area contributed by atoms with Crippen molar-refractivity contribution in [2.75, 3.05) is 0 Å². The zero-order valence-electron chi connectivity index (χ0n) is 12.5. The van der Waals surface area contributed by atoms with Gasteiger partial charge in [0.05, 0.1) is 12.2 Å². The van der Waals surface area contributed by atoms with Crippen molar-refractivity contribution < 1.29 is 29.5 Å². The fourth-order valence-corrected chi connectivity index (χ4v) is 3.72. The molecule has 6 nitrogen and oxygen atoms in total. The van der Waals surface area contributed by atoms with Gasteiger partial charge in [-0.1, -0.05) is 24.3 Å². The minimum atomic E-state index is -0.944. The molecule has 124 valence electrons. The molecule has 1 saturated heterocycles. The van der Waals surface area contributed by atoms with E-state index in [-0.39, 0.29) is 17.9 Å². The van der Waals surface area contributed by atoms with Crippen LogP contribution < -0.4 is 9.47 Å². The Morgan fingerprint density at radius 3 is 2.48 bits per heavy atom. The first-order chi connectivity index (χ1) is 11.1. The molecule has 1 aromatic carbocycles. The molecule has 6 heteroatoms. The molecule has 0 spiro atoms. The minimum Gasteiger partial charge on any atom is -0.448 e. The van der Waals surface area contributed by atoms with Crippen LogP contribution in [0.15, 0.2) is 36.4 Å². The second-order valence-electron chi connectivity index (χ2n) is 6.34. The van der Waals surface area contributed by atoms with Crippen LogP contribution in [0, 0.1) is 11.8 Å². The van der Waals surface area contributed by atoms with E-state index in [4.69, 9.17) is 14.2 Å². The maximum absolute atomic E-state index is 10.3. The maximum atomic E-state index is 10.3. The zero-order chi connectivity index (χ0) is 16.0. The minimum absolute atomic E-state index is 0.0751. The predicted molar refractivity (Wildman–Crippen MR) is 79.7 cm³/mol. The van der Waals surface area contributed by atoms with Gasteiger partial charge in [0.2, 0.25) is 0 Å². The van der Waals surface area contributed by atoms with E-state index in [1.807, 2.05) is 12.1 Å². The number of hydrogen-bond donors (Lipinski definition) is 3. The molecular weight excluding hydrogens is 300 g/mol. The fourth-order valence-electron chi connectivity index (χ4n) is 3.72. The first-order valence-corrected chi connectivity index (χ1v) is 7.92. The lowest BCUT2D eigenvalue weighted by Crippen LogP contribution is -2.32. The van der Waals surface area contributed by atoms with Gasteiger partial charge in [0, 0.05) is 18.8 Å². The first-order valence-electron chi connectivity index (χ1n) is 7.92. The Morgan fingerprint density at radius 2 is 1.78 bits per heavy atom. The van der Waals surface area contributed by atoms with Gasteiger partial charge in [-0.2, -0.15) is 0 Å². The lowest BCUT2D eigenvalue weighted by atomic mass is 9.91. The van der Waals surface area contributed by atoms with Crippen molar-refractivity contribution in [1.29, 1.82) is 0 Å². The number of hydrogen-bond acceptors (Lipinski definition) is 6. The van der Waals surface area contributed by atoms with Crippen molar-refractivity contribution in [3.05, 3.63) is 36.4 Å². The molecule has 3 N–H and O–H groups in total. The topological polar surface area (TPSA) is 88.4 Å². The van der Waals surface area contributed by atoms with Crippen LogP contribution in [0.3, 0.4) is 0 Å². The molecule has 0 amide bonds. The largest absolute Gasteiger partial charge is 0.448 e. The summed E-state index contributed by atoms with van der Waals surface area (Å²) < 4.78 is 16.5. The number of ether oxygens (including phenoxy) is 3. The van der Waals surface area contributed by atoms with Crippen LogP contribution >= 0.6 is 0 Å². The second kappa shape index (κ2) is 5.79. The monoisotopic (exact) mass is 320 g/mol. The average molecular weight is 320 g/mol. The molecule has 1 aliphatic carbocycles. The highest BCUT2D eigenvalue weighted by molar-refractivity contribution is 5.42. The molecule has 0 bridgehead atoms. The van der Waals surface area contributed by atoms with E-state index in [1.165, 1.54) is 0 Å². The summed E-state index contributed by atoms with van der Waals surface area (Å²) in [5.74, 6) is 1.15. The van der Waals surface area contributed by atoms with E-state index in [2.05, 4.69) is 0 Å². The summed E-state index contributed by atoms with van der Waals surface area (Å²) in [5, 5.41) is 30.0. The lowest BCUT2D eigenvalue weighted by Gasteiger charge is -2.18. The van der Waals surface area contributed by atoms with E-state index in [0.29, 0.717) is 24.3 Å². The molecule has 23 heavy (non-hydrogen) atoms. The summed E-state index contributed by atoms with van der Waals surface area (Å²) in [7, 11) is 0. The summed E-state index contributed by atoms with van der Waals surface area (Å²) in [6.07, 6.45) is 1.27. The molecule has 0 radical (unpaired) electrons. The van der Waals surface area contributed by atoms with E-state index in [0.717, 1.165) is 0 Å². The van der Waals surface area contributed by atoms with Crippen LogP contribution in [0.25, 0.3) is 0 Å². The number of fused-ring (bicyclic) bond motifs is 2. The van der Waals surface area contributed by atoms with E-state index in [9.17, 15) is 15.3 Å². The standard InChI is InChI=1S/C17H20O6/c18-11(17-22-13-3-1-2-4-14(13)23-17)6-5-9-10-7-16(20)21-15(10)8-12(9)19/h1-6,9-12,15-20H,7-8H2/b6-5+/t9-,10-,11+,12-,15+,16?/m1/s1. The third kappa shape index (κ3) is 2.72. The van der Waals surface area contributed by atoms with Gasteiger partial charge < -0.3 is 29.5 Å². The van der Waals surface area contributed by atoms with Gasteiger partial charge in [0.1, 0.15) is 6.10 Å². The summed E-state index contributed by atoms with van der Waals surface area (Å²) in [4.78, 5) is 0. The highest BCUT2D eigenvalue weighted by atomic mass is 16.7. The Morgan fingerprint density at radius 1 is 1.09 bits per heavy atom. The smallest absolute Gasteiger partial charge is 0.270 e. The van der Waals surface area contributed by atoms with Crippen LogP contribution in [0.4, 0.5) is 0 Å². The Kier molecular flexibility index (Phi) is 3.77. The number of aliphatic hydroxyl groups excluding tert-OH is 3. The van der Waals surface area contributed by atoms with Crippen molar-refractivity contribution in [3.8, 4) is 11.5 Å². The number of rotatable bonds is 3. The highest BCUT2D eigenvalue weighted by Gasteiger charge is 2.47. The van der Waals surface area contributed by atoms with Gasteiger partial charge in [0.25, 0.3) is 6.29 Å². The summed E-state index contributed by atoms with van der Waals surface area (Å²) >= 11 is 0. The highest BCUT2D eigenvalue weighted by Crippen LogP contribution is 2.43. The molecular formula is C17H20O6. The predicted octanol–water partition coefficient (Wildman–Crippen LogP) is 0.805. The van der Waals surface area contributed by atoms with Crippen molar-refractivity contribution in [1.82, 2.24) is 0 Å². The van der Waals surface area contributed by atoms with Crippen molar-refractivity contribution in [2.24, 2.45) is 11.8 Å². The van der Waals surface area contributed by atoms with Gasteiger partial charge >= 0.3 is 0 Å². The summed E-state index contributed by atoms with van der Waals surface area (Å²) in [5.41, 5.74) is 0. The molecule has 6 atom stereocenters. The molecule has 3 aliphatic rings. The van der Waals surface area contributed by atoms with Crippen LogP contribution in [-0.2, 0) is 4.74 Å². The molecule has 1 saturated carbocycles. The van der Waals surface area contributed by atoms with Gasteiger partial charge in [-0.3, -0.25) is 0 Å². The maximum Gasteiger partial charge on any atom is 0.270 e. The van der Waals surface area contributed by atoms with Crippen LogP contribution in [0.5, 0.6) is 11.5 Å². The van der Waals surface area contributed by atoms with Gasteiger partial charge in [-0.25, -0.2) is 0 Å². The number of benzene rings is 1. The summed E-state index contributed by atoms with van der Waals surface area (Å²) in [6, 6.07) is 7.25. The van der Waals surface area contributed by atoms with Crippen molar-refractivity contribution >= 4 is 0 Å². The Bertz CT molecular complexity index is 578. The molecule has 1 unspecified atom stereocenters. The third-order valence-electron chi connectivity index (χ3n) is 4.84. The summed E-state index contributed by atoms with van der Waals surface area (Å²) in [6.45, 7) is 0. The second-order valence-corrected chi connectivity index (χ2v) is 6.34. The van der Waals surface area contributed by atoms with E-state index >= 15 is 0 Å². The lowest BCUT2D eigenvalue weighted by molar-refractivity contribution is -0.0949. The Hall–Kier alpha value is -1.60. The molecule has 2 heterocycles. The third-order valence-corrected chi connectivity index (χ3v) is 4.84. The molecule has 2 aliphatic heterocycles. The van der Waals surface area contributed by atoms with Crippen molar-refractivity contribution in [2.45, 2.75) is 43.7 Å². The molecule has 0 aromatic heterocycles. The van der Waals surface area contributed by atoms with Crippen LogP contribution in [0.1, 0.15) is 12.8 Å². The normalized spacial score (nSPS) is 37.4. The SMILES string of the molecule is OC1C[C@@H]2[C@@H](/C=C/[C@H](O)C3Oc4ccccc4O3)[C@H](O)C[C@@H]2O1. The first kappa shape index (κ1) is 15.0. The van der Waals surface area contributed by atoms with Gasteiger partial charge in [0.15, 0.2) is 17.8 Å². The number of para-hydroxylation sites is 2. The van der Waals surface area contributed by atoms with Gasteiger partial charge in [-0.05, 0) is 18.1 Å². The Labute approximate surface area is 133 Å². The number of aliphatic hydroxyl groups is 3. The molecule has 1 aromatic rings.